The molecule has 0 bridgehead atoms. The van der Waals surface area contributed by atoms with Crippen LogP contribution in [0, 0.1) is 5.41 Å². The first kappa shape index (κ1) is 9.84. The minimum atomic E-state index is 0.0369. The lowest BCUT2D eigenvalue weighted by Gasteiger charge is -2.33. The summed E-state index contributed by atoms with van der Waals surface area (Å²) in [5.74, 6) is 0. The Morgan fingerprint density at radius 1 is 1.29 bits per heavy atom. The first-order valence-electron chi connectivity index (χ1n) is 6.68. The monoisotopic (exact) mass is 227 g/mol. The Morgan fingerprint density at radius 2 is 2.29 bits per heavy atom. The largest absolute Gasteiger partial charge is 0.369 e. The highest BCUT2D eigenvalue weighted by Crippen LogP contribution is 2.54. The number of nitrogens with zero attached hydrogens (tertiary/aromatic N) is 1. The average molecular weight is 227 g/mol. The van der Waals surface area contributed by atoms with Crippen molar-refractivity contribution in [1.29, 1.82) is 0 Å². The van der Waals surface area contributed by atoms with Gasteiger partial charge >= 0.3 is 0 Å². The molecule has 3 atom stereocenters. The molecule has 2 nitrogen and oxygen atoms in total. The lowest BCUT2D eigenvalue weighted by molar-refractivity contribution is 0.0202. The van der Waals surface area contributed by atoms with Gasteiger partial charge in [0.05, 0.1) is 17.6 Å². The Balaban J connectivity index is 1.96. The van der Waals surface area contributed by atoms with Gasteiger partial charge in [0, 0.05) is 12.4 Å². The Hall–Kier alpha value is -1.15. The molecule has 0 aromatic carbocycles. The van der Waals surface area contributed by atoms with Crippen molar-refractivity contribution in [3.05, 3.63) is 35.6 Å². The fraction of sp³-hybridized carbons (Fsp3) is 0.533. The van der Waals surface area contributed by atoms with Crippen LogP contribution in [0.25, 0.3) is 0 Å². The van der Waals surface area contributed by atoms with E-state index in [-0.39, 0.29) is 5.41 Å². The van der Waals surface area contributed by atoms with E-state index in [4.69, 9.17) is 4.74 Å². The van der Waals surface area contributed by atoms with Crippen LogP contribution in [0.3, 0.4) is 0 Å². The summed E-state index contributed by atoms with van der Waals surface area (Å²) in [6.45, 7) is 0. The van der Waals surface area contributed by atoms with E-state index >= 15 is 0 Å². The second-order valence-electron chi connectivity index (χ2n) is 5.45. The van der Waals surface area contributed by atoms with Crippen LogP contribution in [0.4, 0.5) is 0 Å². The van der Waals surface area contributed by atoms with E-state index in [1.165, 1.54) is 30.4 Å². The zero-order chi connectivity index (χ0) is 11.3. The van der Waals surface area contributed by atoms with Gasteiger partial charge in [-0.1, -0.05) is 12.2 Å². The average Bonchev–Trinajstić information content (AvgIpc) is 2.58. The maximum Gasteiger partial charge on any atom is 0.0808 e. The van der Waals surface area contributed by atoms with Crippen molar-refractivity contribution in [2.45, 2.75) is 44.3 Å². The van der Waals surface area contributed by atoms with E-state index in [1.54, 1.807) is 0 Å². The third kappa shape index (κ3) is 1.22. The van der Waals surface area contributed by atoms with Gasteiger partial charge in [-0.05, 0) is 49.3 Å². The highest BCUT2D eigenvalue weighted by Gasteiger charge is 2.52. The van der Waals surface area contributed by atoms with E-state index in [2.05, 4.69) is 29.4 Å². The lowest BCUT2D eigenvalue weighted by Crippen LogP contribution is -2.31. The van der Waals surface area contributed by atoms with Crippen LogP contribution in [0.1, 0.15) is 32.1 Å². The first-order chi connectivity index (χ1) is 8.40. The van der Waals surface area contributed by atoms with Crippen molar-refractivity contribution in [2.24, 2.45) is 10.4 Å². The van der Waals surface area contributed by atoms with Gasteiger partial charge in [0.15, 0.2) is 0 Å². The molecule has 2 aliphatic carbocycles. The maximum atomic E-state index is 6.31. The fourth-order valence-corrected chi connectivity index (χ4v) is 3.86. The van der Waals surface area contributed by atoms with Crippen molar-refractivity contribution >= 4 is 6.21 Å². The number of hydrogen-bond donors (Lipinski definition) is 0. The molecule has 0 N–H and O–H groups in total. The van der Waals surface area contributed by atoms with Crippen LogP contribution in [0.2, 0.25) is 0 Å². The predicted molar refractivity (Wildman–Crippen MR) is 68.0 cm³/mol. The number of hydrogen-bond acceptors (Lipinski definition) is 2. The van der Waals surface area contributed by atoms with E-state index in [0.717, 1.165) is 12.8 Å². The zero-order valence-corrected chi connectivity index (χ0v) is 9.93. The molecule has 0 radical (unpaired) electrons. The van der Waals surface area contributed by atoms with Crippen molar-refractivity contribution in [1.82, 2.24) is 0 Å². The van der Waals surface area contributed by atoms with Crippen LogP contribution < -0.4 is 0 Å². The molecule has 0 aromatic heterocycles. The highest BCUT2D eigenvalue weighted by molar-refractivity contribution is 5.82. The molecule has 3 unspecified atom stereocenters. The summed E-state index contributed by atoms with van der Waals surface area (Å²) in [5, 5.41) is 0. The molecule has 2 heteroatoms. The minimum Gasteiger partial charge on any atom is -0.369 e. The van der Waals surface area contributed by atoms with Gasteiger partial charge in [0.2, 0.25) is 0 Å². The third-order valence-electron chi connectivity index (χ3n) is 4.56. The molecule has 0 aromatic rings. The van der Waals surface area contributed by atoms with Crippen LogP contribution in [-0.4, -0.2) is 18.4 Å². The molecule has 0 amide bonds. The van der Waals surface area contributed by atoms with E-state index in [0.29, 0.717) is 12.2 Å². The summed E-state index contributed by atoms with van der Waals surface area (Å²) in [7, 11) is 0. The third-order valence-corrected chi connectivity index (χ3v) is 4.56. The van der Waals surface area contributed by atoms with Crippen LogP contribution >= 0.6 is 0 Å². The Morgan fingerprint density at radius 3 is 3.29 bits per heavy atom. The molecule has 4 rings (SSSR count). The van der Waals surface area contributed by atoms with Gasteiger partial charge in [0.25, 0.3) is 0 Å². The number of ether oxygens (including phenoxy) is 1. The minimum absolute atomic E-state index is 0.0369. The van der Waals surface area contributed by atoms with Gasteiger partial charge in [-0.25, -0.2) is 0 Å². The fourth-order valence-electron chi connectivity index (χ4n) is 3.86. The summed E-state index contributed by atoms with van der Waals surface area (Å²) in [4.78, 5) is 4.41. The molecular weight excluding hydrogens is 210 g/mol. The quantitative estimate of drug-likeness (QED) is 0.582. The van der Waals surface area contributed by atoms with Gasteiger partial charge in [0.1, 0.15) is 0 Å². The van der Waals surface area contributed by atoms with Gasteiger partial charge < -0.3 is 4.74 Å². The second-order valence-corrected chi connectivity index (χ2v) is 5.45. The summed E-state index contributed by atoms with van der Waals surface area (Å²) in [5.41, 5.74) is 2.98. The van der Waals surface area contributed by atoms with Crippen molar-refractivity contribution in [3.63, 3.8) is 0 Å². The molecular formula is C15H17NO. The first-order valence-corrected chi connectivity index (χ1v) is 6.68. The molecule has 0 saturated carbocycles. The van der Waals surface area contributed by atoms with Gasteiger partial charge in [-0.15, -0.1) is 0 Å². The molecule has 1 fully saturated rings. The summed E-state index contributed by atoms with van der Waals surface area (Å²) in [6, 6.07) is 0. The molecule has 2 heterocycles. The normalized spacial score (nSPS) is 42.4. The predicted octanol–water partition coefficient (Wildman–Crippen LogP) is 3.17. The maximum absolute atomic E-state index is 6.31. The summed E-state index contributed by atoms with van der Waals surface area (Å²) >= 11 is 0. The lowest BCUT2D eigenvalue weighted by atomic mass is 9.68. The Labute approximate surface area is 102 Å². The molecule has 4 aliphatic rings. The van der Waals surface area contributed by atoms with Crippen molar-refractivity contribution in [3.8, 4) is 0 Å². The van der Waals surface area contributed by atoms with Crippen LogP contribution in [0.5, 0.6) is 0 Å². The molecule has 1 spiro atoms. The summed E-state index contributed by atoms with van der Waals surface area (Å²) < 4.78 is 6.31. The van der Waals surface area contributed by atoms with E-state index in [9.17, 15) is 0 Å². The number of aliphatic imine (C=N–C) groups is 1. The molecule has 88 valence electrons. The van der Waals surface area contributed by atoms with Gasteiger partial charge in [-0.2, -0.15) is 0 Å². The standard InChI is InChI=1S/C15H17NO/c1-2-7-15-8-9-16-10-11-4-3-5-12(14(11)15)17-13(15)6-1/h2,7-10,12-13H,1,3-6H2. The number of allylic oxidation sites excluding steroid dienone is 2. The smallest absolute Gasteiger partial charge is 0.0808 e. The molecule has 1 saturated heterocycles. The highest BCUT2D eigenvalue weighted by atomic mass is 16.5. The number of rotatable bonds is 0. The Kier molecular flexibility index (Phi) is 1.98. The summed E-state index contributed by atoms with van der Waals surface area (Å²) in [6.07, 6.45) is 17.6. The van der Waals surface area contributed by atoms with Crippen LogP contribution in [-0.2, 0) is 4.74 Å². The van der Waals surface area contributed by atoms with Crippen LogP contribution in [0.15, 0.2) is 40.6 Å². The van der Waals surface area contributed by atoms with Crippen molar-refractivity contribution in [2.75, 3.05) is 0 Å². The Bertz CT molecular complexity index is 471. The second kappa shape index (κ2) is 3.42. The zero-order valence-electron chi connectivity index (χ0n) is 9.93. The van der Waals surface area contributed by atoms with Crippen molar-refractivity contribution < 1.29 is 4.74 Å². The van der Waals surface area contributed by atoms with Gasteiger partial charge in [-0.3, -0.25) is 4.99 Å². The van der Waals surface area contributed by atoms with E-state index in [1.807, 2.05) is 6.20 Å². The topological polar surface area (TPSA) is 21.6 Å². The molecule has 2 aliphatic heterocycles. The SMILES string of the molecule is C1=CC23C=CN=CC4=C2C(CCC4)OC3CC1. The molecule has 17 heavy (non-hydrogen) atoms. The van der Waals surface area contributed by atoms with E-state index < -0.39 is 0 Å².